The van der Waals surface area contributed by atoms with Crippen molar-refractivity contribution in [2.75, 3.05) is 0 Å². The molecule has 0 aliphatic carbocycles. The van der Waals surface area contributed by atoms with Gasteiger partial charge in [0.05, 0.1) is 0 Å². The fourth-order valence-corrected chi connectivity index (χ4v) is 0.820. The topological polar surface area (TPSA) is 283 Å². The standard InChI is InChI=1S/2C5H9N2O3.2C2H4O2.Ni/c2*6-3(5(9)10)1-2-4(7)8;2*1-2(3)4;/h2*3,6H,1-2H2,(H2,7,8)(H,9,10);2*1H3,(H,3,4);/q2*-1;;;+2. The molecule has 0 aromatic heterocycles. The molecule has 2 unspecified atom stereocenters. The quantitative estimate of drug-likeness (QED) is 0.252. The van der Waals surface area contributed by atoms with E-state index in [1.165, 1.54) is 0 Å². The summed E-state index contributed by atoms with van der Waals surface area (Å²) in [7, 11) is 0. The second-order valence-corrected chi connectivity index (χ2v) is 4.83. The third kappa shape index (κ3) is 58.7. The molecule has 2 atom stereocenters. The Kier molecular flexibility index (Phi) is 29.7. The number of nitrogens with two attached hydrogens (primary N) is 2. The van der Waals surface area contributed by atoms with Crippen LogP contribution < -0.4 is 11.5 Å². The molecular formula is C14H26N4NiO10. The van der Waals surface area contributed by atoms with Crippen LogP contribution >= 0.6 is 0 Å². The maximum atomic E-state index is 10.1. The summed E-state index contributed by atoms with van der Waals surface area (Å²) in [5.41, 5.74) is 23.1. The fourth-order valence-electron chi connectivity index (χ4n) is 0.820. The van der Waals surface area contributed by atoms with Gasteiger partial charge in [0.15, 0.2) is 0 Å². The molecule has 0 radical (unpaired) electrons. The van der Waals surface area contributed by atoms with Crippen molar-refractivity contribution in [1.82, 2.24) is 0 Å². The van der Waals surface area contributed by atoms with E-state index in [9.17, 15) is 19.2 Å². The zero-order chi connectivity index (χ0) is 23.4. The number of carboxylic acids is 4. The number of primary amides is 2. The smallest absolute Gasteiger partial charge is 0.665 e. The van der Waals surface area contributed by atoms with Crippen molar-refractivity contribution < 1.29 is 65.7 Å². The molecular weight excluding hydrogens is 443 g/mol. The summed E-state index contributed by atoms with van der Waals surface area (Å²) in [5, 5.41) is 31.1. The molecule has 0 fully saturated rings. The Labute approximate surface area is 176 Å². The largest absolute Gasteiger partial charge is 2.00 e. The van der Waals surface area contributed by atoms with Crippen molar-refractivity contribution >= 4 is 35.7 Å². The van der Waals surface area contributed by atoms with Crippen LogP contribution in [-0.4, -0.2) is 68.2 Å². The first kappa shape index (κ1) is 37.0. The normalized spacial score (nSPS) is 10.3. The Morgan fingerprint density at radius 3 is 0.966 bits per heavy atom. The average Bonchev–Trinajstić information content (AvgIpc) is 2.49. The minimum atomic E-state index is -1.23. The van der Waals surface area contributed by atoms with Crippen molar-refractivity contribution in [2.45, 2.75) is 51.6 Å². The number of carboxylic acid groups (broad SMARTS) is 4. The summed E-state index contributed by atoms with van der Waals surface area (Å²) in [5.74, 6) is -5.25. The minimum absolute atomic E-state index is 0. The van der Waals surface area contributed by atoms with Gasteiger partial charge >= 0.3 is 16.5 Å². The van der Waals surface area contributed by atoms with Crippen LogP contribution in [0.1, 0.15) is 39.5 Å². The van der Waals surface area contributed by atoms with Gasteiger partial charge in [-0.05, 0) is 12.1 Å². The van der Waals surface area contributed by atoms with Gasteiger partial charge in [0, 0.05) is 26.7 Å². The maximum Gasteiger partial charge on any atom is 2.00 e. The molecule has 0 saturated heterocycles. The van der Waals surface area contributed by atoms with E-state index in [1.54, 1.807) is 0 Å². The Hall–Kier alpha value is -2.77. The van der Waals surface area contributed by atoms with Crippen LogP contribution in [0.3, 0.4) is 0 Å². The summed E-state index contributed by atoms with van der Waals surface area (Å²) in [6.07, 6.45) is -0.101. The molecule has 15 heteroatoms. The van der Waals surface area contributed by atoms with Crippen LogP contribution in [0.25, 0.3) is 11.5 Å². The molecule has 172 valence electrons. The molecule has 10 N–H and O–H groups in total. The van der Waals surface area contributed by atoms with Crippen LogP contribution in [0.15, 0.2) is 0 Å². The van der Waals surface area contributed by atoms with E-state index in [-0.39, 0.29) is 42.2 Å². The molecule has 0 aromatic carbocycles. The van der Waals surface area contributed by atoms with E-state index in [1.807, 2.05) is 0 Å². The SMILES string of the molecule is CC(=O)O.CC(=O)O.[NH-]C(CCC(N)=O)C(=O)O.[NH-]C(CCC(N)=O)C(=O)O.[Ni+2]. The zero-order valence-corrected chi connectivity index (χ0v) is 16.7. The molecule has 0 heterocycles. The Morgan fingerprint density at radius 1 is 0.690 bits per heavy atom. The molecule has 0 rings (SSSR count). The van der Waals surface area contributed by atoms with Gasteiger partial charge in [-0.2, -0.15) is 0 Å². The molecule has 0 aliphatic rings. The number of hydrogen-bond donors (Lipinski definition) is 6. The van der Waals surface area contributed by atoms with E-state index in [4.69, 9.17) is 52.9 Å². The van der Waals surface area contributed by atoms with Crippen LogP contribution in [-0.2, 0) is 45.3 Å². The zero-order valence-electron chi connectivity index (χ0n) is 15.7. The predicted molar refractivity (Wildman–Crippen MR) is 95.0 cm³/mol. The predicted octanol–water partition coefficient (Wildman–Crippen LogP) is -0.306. The van der Waals surface area contributed by atoms with E-state index in [0.717, 1.165) is 13.8 Å². The van der Waals surface area contributed by atoms with Gasteiger partial charge in [-0.3, -0.25) is 28.8 Å². The second kappa shape index (κ2) is 23.3. The number of aliphatic carboxylic acids is 4. The summed E-state index contributed by atoms with van der Waals surface area (Å²) in [4.78, 5) is 58.1. The number of carbonyl (C=O) groups excluding carboxylic acids is 2. The van der Waals surface area contributed by atoms with Gasteiger partial charge in [-0.25, -0.2) is 0 Å². The van der Waals surface area contributed by atoms with Crippen LogP contribution in [0, 0.1) is 0 Å². The van der Waals surface area contributed by atoms with Gasteiger partial charge in [-0.15, -0.1) is 0 Å². The van der Waals surface area contributed by atoms with Crippen LogP contribution in [0.5, 0.6) is 0 Å². The van der Waals surface area contributed by atoms with Gasteiger partial charge in [0.1, 0.15) is 0 Å². The van der Waals surface area contributed by atoms with Gasteiger partial charge in [0.25, 0.3) is 23.9 Å². The van der Waals surface area contributed by atoms with Crippen molar-refractivity contribution in [1.29, 1.82) is 0 Å². The van der Waals surface area contributed by atoms with Gasteiger partial charge in [-0.1, -0.05) is 12.8 Å². The summed E-state index contributed by atoms with van der Waals surface area (Å²) < 4.78 is 0. The monoisotopic (exact) mass is 468 g/mol. The molecule has 0 bridgehead atoms. The first-order chi connectivity index (χ1) is 12.5. The average molecular weight is 469 g/mol. The van der Waals surface area contributed by atoms with Crippen LogP contribution in [0.2, 0.25) is 0 Å². The van der Waals surface area contributed by atoms with Crippen molar-refractivity contribution in [2.24, 2.45) is 11.5 Å². The molecule has 14 nitrogen and oxygen atoms in total. The summed E-state index contributed by atoms with van der Waals surface area (Å²) >= 11 is 0. The fraction of sp³-hybridized carbons (Fsp3) is 0.571. The second-order valence-electron chi connectivity index (χ2n) is 4.83. The number of carbonyl (C=O) groups is 6. The van der Waals surface area contributed by atoms with Gasteiger partial charge in [0.2, 0.25) is 11.8 Å². The number of hydrogen-bond acceptors (Lipinski definition) is 6. The van der Waals surface area contributed by atoms with E-state index >= 15 is 0 Å². The Morgan fingerprint density at radius 2 is 0.862 bits per heavy atom. The first-order valence-electron chi connectivity index (χ1n) is 7.37. The maximum absolute atomic E-state index is 10.1. The third-order valence-corrected chi connectivity index (χ3v) is 1.96. The van der Waals surface area contributed by atoms with E-state index < -0.39 is 47.8 Å². The van der Waals surface area contributed by atoms with Gasteiger partial charge < -0.3 is 43.4 Å². The molecule has 29 heavy (non-hydrogen) atoms. The number of nitrogens with one attached hydrogen (secondary N) is 2. The third-order valence-electron chi connectivity index (χ3n) is 1.96. The van der Waals surface area contributed by atoms with E-state index in [0.29, 0.717) is 0 Å². The van der Waals surface area contributed by atoms with Crippen molar-refractivity contribution in [3.05, 3.63) is 11.5 Å². The summed E-state index contributed by atoms with van der Waals surface area (Å²) in [6.45, 7) is 2.17. The minimum Gasteiger partial charge on any atom is -0.665 e. The molecule has 0 spiro atoms. The Bertz CT molecular complexity index is 477. The summed E-state index contributed by atoms with van der Waals surface area (Å²) in [6, 6.07) is -2.46. The van der Waals surface area contributed by atoms with Crippen molar-refractivity contribution in [3.8, 4) is 0 Å². The van der Waals surface area contributed by atoms with E-state index in [2.05, 4.69) is 0 Å². The molecule has 2 amide bonds. The molecule has 0 saturated carbocycles. The molecule has 0 aromatic rings. The number of amides is 2. The molecule has 0 aliphatic heterocycles. The number of rotatable bonds is 8. The van der Waals surface area contributed by atoms with Crippen molar-refractivity contribution in [3.63, 3.8) is 0 Å². The Balaban J connectivity index is -0.0000000950. The first-order valence-corrected chi connectivity index (χ1v) is 7.37. The van der Waals surface area contributed by atoms with Crippen LogP contribution in [0.4, 0.5) is 0 Å².